The second-order valence-corrected chi connectivity index (χ2v) is 5.83. The average molecular weight is 275 g/mol. The average Bonchev–Trinajstić information content (AvgIpc) is 2.26. The summed E-state index contributed by atoms with van der Waals surface area (Å²) in [6.45, 7) is 7.23. The zero-order valence-electron chi connectivity index (χ0n) is 11.4. The Balaban J connectivity index is 2.56. The lowest BCUT2D eigenvalue weighted by Gasteiger charge is -2.20. The summed E-state index contributed by atoms with van der Waals surface area (Å²) in [5.41, 5.74) is -0.125. The van der Waals surface area contributed by atoms with Crippen molar-refractivity contribution in [3.63, 3.8) is 0 Å². The summed E-state index contributed by atoms with van der Waals surface area (Å²) < 4.78 is 37.1. The van der Waals surface area contributed by atoms with Crippen LogP contribution in [0.3, 0.4) is 0 Å². The molecule has 0 heterocycles. The summed E-state index contributed by atoms with van der Waals surface area (Å²) in [6, 6.07) is 4.60. The van der Waals surface area contributed by atoms with Crippen molar-refractivity contribution >= 4 is 0 Å². The van der Waals surface area contributed by atoms with Gasteiger partial charge in [-0.2, -0.15) is 13.2 Å². The molecule has 5 heteroatoms. The lowest BCUT2D eigenvalue weighted by Crippen LogP contribution is -2.30. The van der Waals surface area contributed by atoms with Crippen LogP contribution in [0.1, 0.15) is 38.0 Å². The highest BCUT2D eigenvalue weighted by Crippen LogP contribution is 2.29. The number of alkyl halides is 3. The fourth-order valence-corrected chi connectivity index (χ4v) is 1.60. The van der Waals surface area contributed by atoms with Crippen LogP contribution in [0.5, 0.6) is 0 Å². The third kappa shape index (κ3) is 5.61. The van der Waals surface area contributed by atoms with Crippen molar-refractivity contribution in [3.05, 3.63) is 35.4 Å². The molecule has 2 nitrogen and oxygen atoms in total. The van der Waals surface area contributed by atoms with Crippen LogP contribution >= 0.6 is 0 Å². The molecule has 0 spiro atoms. The highest BCUT2D eigenvalue weighted by Gasteiger charge is 2.30. The molecule has 0 aromatic heterocycles. The molecule has 0 saturated heterocycles. The maximum absolute atomic E-state index is 12.4. The first-order valence-corrected chi connectivity index (χ1v) is 6.15. The Morgan fingerprint density at radius 3 is 2.05 bits per heavy atom. The minimum absolute atomic E-state index is 0.0971. The van der Waals surface area contributed by atoms with Gasteiger partial charge >= 0.3 is 6.18 Å². The van der Waals surface area contributed by atoms with E-state index in [0.29, 0.717) is 12.1 Å². The van der Waals surface area contributed by atoms with E-state index in [1.165, 1.54) is 12.1 Å². The Morgan fingerprint density at radius 1 is 1.11 bits per heavy atom. The maximum atomic E-state index is 12.4. The van der Waals surface area contributed by atoms with Gasteiger partial charge in [-0.15, -0.1) is 0 Å². The van der Waals surface area contributed by atoms with Crippen LogP contribution < -0.4 is 5.32 Å². The number of aliphatic hydroxyl groups is 1. The molecule has 0 aliphatic rings. The number of benzene rings is 1. The van der Waals surface area contributed by atoms with E-state index in [-0.39, 0.29) is 5.41 Å². The van der Waals surface area contributed by atoms with E-state index in [1.807, 2.05) is 0 Å². The van der Waals surface area contributed by atoms with E-state index >= 15 is 0 Å². The first kappa shape index (κ1) is 16.0. The largest absolute Gasteiger partial charge is 0.416 e. The van der Waals surface area contributed by atoms with Crippen LogP contribution in [0.4, 0.5) is 13.2 Å². The molecular weight excluding hydrogens is 255 g/mol. The summed E-state index contributed by atoms with van der Waals surface area (Å²) in [4.78, 5) is 0. The maximum Gasteiger partial charge on any atom is 0.416 e. The third-order valence-corrected chi connectivity index (χ3v) is 2.62. The van der Waals surface area contributed by atoms with Gasteiger partial charge in [0.2, 0.25) is 0 Å². The van der Waals surface area contributed by atoms with Gasteiger partial charge in [-0.25, -0.2) is 0 Å². The van der Waals surface area contributed by atoms with Crippen LogP contribution in [0.2, 0.25) is 0 Å². The second kappa shape index (κ2) is 5.92. The lowest BCUT2D eigenvalue weighted by atomic mass is 9.97. The van der Waals surface area contributed by atoms with Gasteiger partial charge in [0.15, 0.2) is 0 Å². The quantitative estimate of drug-likeness (QED) is 0.883. The minimum atomic E-state index is -4.34. The van der Waals surface area contributed by atoms with Crippen molar-refractivity contribution in [2.45, 2.75) is 33.1 Å². The molecule has 0 amide bonds. The van der Waals surface area contributed by atoms with Crippen LogP contribution in [-0.4, -0.2) is 18.2 Å². The van der Waals surface area contributed by atoms with Gasteiger partial charge in [-0.05, 0) is 23.1 Å². The van der Waals surface area contributed by atoms with Crippen molar-refractivity contribution < 1.29 is 18.3 Å². The molecule has 1 aromatic carbocycles. The summed E-state index contributed by atoms with van der Waals surface area (Å²) in [6.07, 6.45) is -5.14. The van der Waals surface area contributed by atoms with Gasteiger partial charge in [0.1, 0.15) is 0 Å². The van der Waals surface area contributed by atoms with Gasteiger partial charge in [0.05, 0.1) is 11.7 Å². The molecule has 1 rings (SSSR count). The van der Waals surface area contributed by atoms with Crippen LogP contribution in [0, 0.1) is 5.41 Å². The number of aliphatic hydroxyl groups excluding tert-OH is 1. The summed E-state index contributed by atoms with van der Waals surface area (Å²) in [5.74, 6) is 0. The van der Waals surface area contributed by atoms with Crippen molar-refractivity contribution in [1.82, 2.24) is 5.32 Å². The van der Waals surface area contributed by atoms with E-state index in [0.717, 1.165) is 18.7 Å². The summed E-state index contributed by atoms with van der Waals surface area (Å²) in [7, 11) is 0. The molecule has 2 N–H and O–H groups in total. The Morgan fingerprint density at radius 2 is 1.63 bits per heavy atom. The van der Waals surface area contributed by atoms with Gasteiger partial charge in [-0.3, -0.25) is 0 Å². The molecule has 0 aliphatic heterocycles. The molecule has 19 heavy (non-hydrogen) atoms. The predicted octanol–water partition coefficient (Wildman–Crippen LogP) is 3.37. The first-order chi connectivity index (χ1) is 8.59. The van der Waals surface area contributed by atoms with E-state index in [9.17, 15) is 18.3 Å². The number of halogens is 3. The van der Waals surface area contributed by atoms with Crippen LogP contribution in [0.25, 0.3) is 0 Å². The molecular formula is C14H20F3NO. The number of rotatable bonds is 4. The molecule has 1 atom stereocenters. The molecule has 1 unspecified atom stereocenters. The first-order valence-electron chi connectivity index (χ1n) is 6.15. The van der Waals surface area contributed by atoms with Crippen molar-refractivity contribution in [2.24, 2.45) is 5.41 Å². The Kier molecular flexibility index (Phi) is 4.98. The zero-order valence-corrected chi connectivity index (χ0v) is 11.4. The SMILES string of the molecule is CC(C)(C)CNCC(O)c1ccc(C(F)(F)F)cc1. The Hall–Kier alpha value is -1.07. The monoisotopic (exact) mass is 275 g/mol. The fraction of sp³-hybridized carbons (Fsp3) is 0.571. The van der Waals surface area contributed by atoms with Crippen molar-refractivity contribution in [2.75, 3.05) is 13.1 Å². The number of hydrogen-bond acceptors (Lipinski definition) is 2. The molecule has 108 valence electrons. The zero-order chi connectivity index (χ0) is 14.7. The summed E-state index contributed by atoms with van der Waals surface area (Å²) >= 11 is 0. The molecule has 0 saturated carbocycles. The topological polar surface area (TPSA) is 32.3 Å². The van der Waals surface area contributed by atoms with E-state index in [1.54, 1.807) is 0 Å². The summed E-state index contributed by atoms with van der Waals surface area (Å²) in [5, 5.41) is 13.0. The normalized spacial score (nSPS) is 14.5. The Bertz CT molecular complexity index is 393. The molecule has 0 bridgehead atoms. The minimum Gasteiger partial charge on any atom is -0.387 e. The third-order valence-electron chi connectivity index (χ3n) is 2.62. The number of nitrogens with one attached hydrogen (secondary N) is 1. The van der Waals surface area contributed by atoms with Crippen LogP contribution in [0.15, 0.2) is 24.3 Å². The van der Waals surface area contributed by atoms with Gasteiger partial charge in [-0.1, -0.05) is 32.9 Å². The van der Waals surface area contributed by atoms with Crippen molar-refractivity contribution in [3.8, 4) is 0 Å². The molecule has 0 radical (unpaired) electrons. The standard InChI is InChI=1S/C14H20F3NO/c1-13(2,3)9-18-8-12(19)10-4-6-11(7-5-10)14(15,16)17/h4-7,12,18-19H,8-9H2,1-3H3. The van der Waals surface area contributed by atoms with E-state index < -0.39 is 17.8 Å². The van der Waals surface area contributed by atoms with Crippen molar-refractivity contribution in [1.29, 1.82) is 0 Å². The smallest absolute Gasteiger partial charge is 0.387 e. The van der Waals surface area contributed by atoms with Crippen LogP contribution in [-0.2, 0) is 6.18 Å². The molecule has 0 fully saturated rings. The Labute approximate surface area is 111 Å². The highest BCUT2D eigenvalue weighted by atomic mass is 19.4. The van der Waals surface area contributed by atoms with Gasteiger partial charge < -0.3 is 10.4 Å². The fourth-order valence-electron chi connectivity index (χ4n) is 1.60. The lowest BCUT2D eigenvalue weighted by molar-refractivity contribution is -0.137. The van der Waals surface area contributed by atoms with Gasteiger partial charge in [0, 0.05) is 13.1 Å². The molecule has 0 aliphatic carbocycles. The predicted molar refractivity (Wildman–Crippen MR) is 68.7 cm³/mol. The number of hydrogen-bond donors (Lipinski definition) is 2. The highest BCUT2D eigenvalue weighted by molar-refractivity contribution is 5.26. The molecule has 1 aromatic rings. The second-order valence-electron chi connectivity index (χ2n) is 5.83. The van der Waals surface area contributed by atoms with E-state index in [4.69, 9.17) is 0 Å². The van der Waals surface area contributed by atoms with Gasteiger partial charge in [0.25, 0.3) is 0 Å². The van der Waals surface area contributed by atoms with E-state index in [2.05, 4.69) is 26.1 Å².